The molecule has 0 aliphatic carbocycles. The van der Waals surface area contributed by atoms with E-state index in [1.54, 1.807) is 28.9 Å². The third kappa shape index (κ3) is 7.51. The van der Waals surface area contributed by atoms with Gasteiger partial charge in [0.15, 0.2) is 5.60 Å². The second-order valence-electron chi connectivity index (χ2n) is 16.2. The molecule has 0 bridgehead atoms. The Morgan fingerprint density at radius 2 is 1.57 bits per heavy atom. The van der Waals surface area contributed by atoms with Crippen molar-refractivity contribution in [1.82, 2.24) is 15.0 Å². The van der Waals surface area contributed by atoms with Crippen LogP contribution >= 0.6 is 0 Å². The second-order valence-corrected chi connectivity index (χ2v) is 20.0. The molecule has 1 spiro atoms. The van der Waals surface area contributed by atoms with Crippen molar-refractivity contribution in [3.8, 4) is 0 Å². The van der Waals surface area contributed by atoms with Crippen LogP contribution in [-0.4, -0.2) is 72.0 Å². The lowest BCUT2D eigenvalue weighted by atomic mass is 9.82. The van der Waals surface area contributed by atoms with Crippen LogP contribution in [0.2, 0.25) is 18.6 Å². The summed E-state index contributed by atoms with van der Waals surface area (Å²) in [5.41, 5.74) is 2.55. The fraction of sp³-hybridized carbons (Fsp3) is 0.585. The summed E-state index contributed by atoms with van der Waals surface area (Å²) in [6.07, 6.45) is 10.9. The predicted octanol–water partition coefficient (Wildman–Crippen LogP) is 6.82. The first-order chi connectivity index (χ1) is 26.0. The highest BCUT2D eigenvalue weighted by atomic mass is 28.4. The van der Waals surface area contributed by atoms with Gasteiger partial charge < -0.3 is 28.7 Å². The topological polar surface area (TPSA) is 121 Å². The summed E-state index contributed by atoms with van der Waals surface area (Å²) >= 11 is 0. The maximum Gasteiger partial charge on any atom is 0.264 e. The lowest BCUT2D eigenvalue weighted by Crippen LogP contribution is -2.45. The highest BCUT2D eigenvalue weighted by molar-refractivity contribution is 6.72. The zero-order chi connectivity index (χ0) is 38.0. The van der Waals surface area contributed by atoms with Gasteiger partial charge in [-0.15, -0.1) is 5.10 Å². The lowest BCUT2D eigenvalue weighted by molar-refractivity contribution is -0.146. The molecule has 2 aromatic carbocycles. The van der Waals surface area contributed by atoms with E-state index < -0.39 is 31.6 Å². The summed E-state index contributed by atoms with van der Waals surface area (Å²) in [5, 5.41) is 17.7. The molecule has 290 valence electrons. The number of ether oxygens (including phenoxy) is 1. The normalized spacial score (nSPS) is 25.5. The number of hydrogen-bond acceptors (Lipinski definition) is 7. The zero-order valence-corrected chi connectivity index (χ0v) is 33.0. The van der Waals surface area contributed by atoms with Crippen LogP contribution in [0, 0.1) is 5.92 Å². The number of aromatic nitrogens is 3. The largest absolute Gasteiger partial charge is 0.396 e. The summed E-state index contributed by atoms with van der Waals surface area (Å²) in [5.74, 6) is -0.527. The minimum absolute atomic E-state index is 0.0299. The maximum absolute atomic E-state index is 16.6. The van der Waals surface area contributed by atoms with Crippen LogP contribution in [0.5, 0.6) is 0 Å². The van der Waals surface area contributed by atoms with Gasteiger partial charge in [0.25, 0.3) is 5.91 Å². The number of fused-ring (bicyclic) bond motifs is 2. The Morgan fingerprint density at radius 3 is 2.24 bits per heavy atom. The number of nitrogens with zero attached hydrogens (tertiary/aromatic N) is 6. The number of aryl methyl sites for hydroxylation is 1. The highest BCUT2D eigenvalue weighted by Crippen LogP contribution is 2.61. The average Bonchev–Trinajstić information content (AvgIpc) is 3.77. The van der Waals surface area contributed by atoms with Crippen molar-refractivity contribution < 1.29 is 28.3 Å². The van der Waals surface area contributed by atoms with Crippen LogP contribution in [0.25, 0.3) is 0 Å². The minimum Gasteiger partial charge on any atom is -0.396 e. The fourth-order valence-electron chi connectivity index (χ4n) is 9.44. The molecule has 0 saturated carbocycles. The average molecular weight is 759 g/mol. The SMILES string of the molecule is C[C@@H]1[C@@H]([Si](C)(C)F)[C@H](CCn2cc(CCO)nn2)O[C@@]12C(=O)N(Cc1cccc(N3CCCCCCC3=O)c1)c1ccc(N3CCCCCCC3=O)cc12. The Kier molecular flexibility index (Phi) is 11.4. The maximum atomic E-state index is 16.6. The van der Waals surface area contributed by atoms with Crippen LogP contribution in [0.3, 0.4) is 0 Å². The molecule has 3 aromatic rings. The molecule has 4 atom stereocenters. The van der Waals surface area contributed by atoms with Gasteiger partial charge in [0, 0.05) is 80.1 Å². The van der Waals surface area contributed by atoms with E-state index in [4.69, 9.17) is 4.74 Å². The minimum atomic E-state index is -3.42. The first-order valence-electron chi connectivity index (χ1n) is 20.0. The van der Waals surface area contributed by atoms with Crippen LogP contribution in [0.4, 0.5) is 21.2 Å². The Hall–Kier alpha value is -3.94. The molecule has 4 aliphatic rings. The number of anilines is 3. The van der Waals surface area contributed by atoms with Crippen molar-refractivity contribution in [2.45, 2.75) is 127 Å². The summed E-state index contributed by atoms with van der Waals surface area (Å²) in [7, 11) is -3.42. The van der Waals surface area contributed by atoms with Crippen molar-refractivity contribution in [1.29, 1.82) is 0 Å². The Labute approximate surface area is 319 Å². The molecule has 7 rings (SSSR count). The Morgan fingerprint density at radius 1 is 0.907 bits per heavy atom. The van der Waals surface area contributed by atoms with Crippen LogP contribution in [-0.2, 0) is 44.2 Å². The van der Waals surface area contributed by atoms with E-state index in [1.165, 1.54) is 0 Å². The number of rotatable bonds is 10. The molecule has 1 aromatic heterocycles. The molecule has 54 heavy (non-hydrogen) atoms. The van der Waals surface area contributed by atoms with Gasteiger partial charge in [-0.3, -0.25) is 19.1 Å². The monoisotopic (exact) mass is 758 g/mol. The number of hydrogen-bond donors (Lipinski definition) is 1. The van der Waals surface area contributed by atoms with E-state index in [0.717, 1.165) is 68.3 Å². The van der Waals surface area contributed by atoms with Crippen molar-refractivity contribution >= 4 is 43.2 Å². The van der Waals surface area contributed by atoms with E-state index in [9.17, 15) is 14.7 Å². The van der Waals surface area contributed by atoms with Crippen LogP contribution < -0.4 is 14.7 Å². The molecule has 1 N–H and O–H groups in total. The standard InChI is InChI=1S/C41H55FN6O5Si/c1-29-39(54(2,3)42)36(19-23-45-28-31(20-24-49)43-44-45)53-41(29)34-26-33(47-22-11-7-5-9-16-38(47)51)17-18-35(34)48(40(41)52)27-30-13-12-14-32(25-30)46-21-10-6-4-8-15-37(46)50/h12-14,17-18,25-26,28-29,36,39,49H,4-11,15-16,19-24,27H2,1-3H3/t29-,36+,39-,41+/m1/s1. The molecule has 3 fully saturated rings. The van der Waals surface area contributed by atoms with Gasteiger partial charge in [-0.05, 0) is 81.1 Å². The number of aliphatic hydroxyl groups is 1. The van der Waals surface area contributed by atoms with Gasteiger partial charge >= 0.3 is 0 Å². The van der Waals surface area contributed by atoms with Gasteiger partial charge in [-0.1, -0.05) is 50.0 Å². The first kappa shape index (κ1) is 38.3. The van der Waals surface area contributed by atoms with E-state index in [2.05, 4.69) is 10.3 Å². The molecule has 11 nitrogen and oxygen atoms in total. The van der Waals surface area contributed by atoms with E-state index in [0.29, 0.717) is 62.3 Å². The smallest absolute Gasteiger partial charge is 0.264 e. The number of halogens is 1. The summed E-state index contributed by atoms with van der Waals surface area (Å²) < 4.78 is 25.4. The Bertz CT molecular complexity index is 1850. The van der Waals surface area contributed by atoms with Gasteiger partial charge in [0.1, 0.15) is 0 Å². The summed E-state index contributed by atoms with van der Waals surface area (Å²) in [6.45, 7) is 7.27. The van der Waals surface area contributed by atoms with Crippen molar-refractivity contribution in [3.63, 3.8) is 0 Å². The molecule has 3 amide bonds. The third-order valence-corrected chi connectivity index (χ3v) is 14.5. The number of carbonyl (C=O) groups excluding carboxylic acids is 3. The Balaban J connectivity index is 1.26. The summed E-state index contributed by atoms with van der Waals surface area (Å²) in [4.78, 5) is 47.4. The highest BCUT2D eigenvalue weighted by Gasteiger charge is 2.66. The van der Waals surface area contributed by atoms with Gasteiger partial charge in [-0.2, -0.15) is 0 Å². The van der Waals surface area contributed by atoms with Crippen molar-refractivity contribution in [2.75, 3.05) is 34.4 Å². The van der Waals surface area contributed by atoms with Gasteiger partial charge in [0.05, 0.1) is 24.0 Å². The molecule has 3 saturated heterocycles. The van der Waals surface area contributed by atoms with Crippen LogP contribution in [0.1, 0.15) is 94.4 Å². The predicted molar refractivity (Wildman–Crippen MR) is 208 cm³/mol. The summed E-state index contributed by atoms with van der Waals surface area (Å²) in [6, 6.07) is 13.7. The number of amides is 3. The number of carbonyl (C=O) groups is 3. The van der Waals surface area contributed by atoms with E-state index >= 15 is 8.90 Å². The first-order valence-corrected chi connectivity index (χ1v) is 23.0. The van der Waals surface area contributed by atoms with E-state index in [1.807, 2.05) is 59.2 Å². The quantitative estimate of drug-likeness (QED) is 0.178. The molecule has 5 heterocycles. The molecular formula is C41H55FN6O5Si. The molecule has 4 aliphatic heterocycles. The number of benzene rings is 2. The molecular weight excluding hydrogens is 704 g/mol. The zero-order valence-electron chi connectivity index (χ0n) is 32.0. The van der Waals surface area contributed by atoms with Gasteiger partial charge in [-0.25, -0.2) is 0 Å². The van der Waals surface area contributed by atoms with Crippen molar-refractivity contribution in [3.05, 3.63) is 65.5 Å². The fourth-order valence-corrected chi connectivity index (χ4v) is 12.0. The van der Waals surface area contributed by atoms with Gasteiger partial charge in [0.2, 0.25) is 20.2 Å². The second kappa shape index (κ2) is 16.0. The third-order valence-electron chi connectivity index (χ3n) is 12.1. The van der Waals surface area contributed by atoms with Crippen LogP contribution in [0.15, 0.2) is 48.7 Å². The lowest BCUT2D eigenvalue weighted by Gasteiger charge is -2.32. The molecule has 13 heteroatoms. The number of aliphatic hydroxyl groups excluding tert-OH is 1. The van der Waals surface area contributed by atoms with Crippen molar-refractivity contribution in [2.24, 2.45) is 5.92 Å². The van der Waals surface area contributed by atoms with E-state index in [-0.39, 0.29) is 30.9 Å². The molecule has 0 unspecified atom stereocenters. The molecule has 0 radical (unpaired) electrons.